The quantitative estimate of drug-likeness (QED) is 0.343. The van der Waals surface area contributed by atoms with Crippen molar-refractivity contribution < 1.29 is 45.2 Å². The Balaban J connectivity index is 1.79. The molecule has 1 saturated heterocycles. The summed E-state index contributed by atoms with van der Waals surface area (Å²) in [6.45, 7) is -0.601. The van der Waals surface area contributed by atoms with Crippen molar-refractivity contribution in [2.45, 2.75) is 30.7 Å². The van der Waals surface area contributed by atoms with Crippen LogP contribution in [-0.4, -0.2) is 73.1 Å². The van der Waals surface area contributed by atoms with E-state index in [1.54, 1.807) is 18.2 Å². The van der Waals surface area contributed by atoms with Gasteiger partial charge in [0.05, 0.1) is 6.61 Å². The average molecular weight is 406 g/mol. The molecular weight excluding hydrogens is 384 g/mol. The second kappa shape index (κ2) is 8.68. The van der Waals surface area contributed by atoms with Gasteiger partial charge in [0.15, 0.2) is 11.5 Å². The third kappa shape index (κ3) is 4.78. The fourth-order valence-corrected chi connectivity index (χ4v) is 2.93. The number of rotatable bonds is 5. The largest absolute Gasteiger partial charge is 0.508 e. The fourth-order valence-electron chi connectivity index (χ4n) is 2.93. The fraction of sp³-hybridized carbons (Fsp3) is 0.300. The molecule has 7 N–H and O–H groups in total. The van der Waals surface area contributed by atoms with Gasteiger partial charge >= 0.3 is 0 Å². The molecule has 0 saturated carbocycles. The van der Waals surface area contributed by atoms with Crippen molar-refractivity contribution in [3.8, 4) is 23.0 Å². The predicted octanol–water partition coefficient (Wildman–Crippen LogP) is 0.152. The van der Waals surface area contributed by atoms with Crippen LogP contribution in [0.4, 0.5) is 0 Å². The molecule has 5 atom stereocenters. The molecule has 1 heterocycles. The van der Waals surface area contributed by atoms with Gasteiger partial charge in [-0.25, -0.2) is 0 Å². The van der Waals surface area contributed by atoms with E-state index in [0.717, 1.165) is 0 Å². The van der Waals surface area contributed by atoms with E-state index in [4.69, 9.17) is 9.47 Å². The molecule has 0 aromatic heterocycles. The van der Waals surface area contributed by atoms with Gasteiger partial charge in [-0.15, -0.1) is 0 Å². The maximum atomic E-state index is 10.1. The molecule has 156 valence electrons. The lowest BCUT2D eigenvalue weighted by atomic mass is 9.99. The van der Waals surface area contributed by atoms with Crippen molar-refractivity contribution in [2.75, 3.05) is 6.61 Å². The van der Waals surface area contributed by atoms with Crippen molar-refractivity contribution in [1.82, 2.24) is 0 Å². The number of benzene rings is 2. The lowest BCUT2D eigenvalue weighted by Crippen LogP contribution is -2.60. The molecule has 9 heteroatoms. The van der Waals surface area contributed by atoms with Crippen LogP contribution in [0.3, 0.4) is 0 Å². The van der Waals surface area contributed by atoms with Crippen LogP contribution in [-0.2, 0) is 4.74 Å². The highest BCUT2D eigenvalue weighted by Crippen LogP contribution is 2.32. The SMILES string of the molecule is OC[C@H]1O[C@@H](Oc2cc(C=Cc3cc(O)cc(O)c3)ccc2O)[C@H](O)[C@@H](O)[C@@H]1O. The van der Waals surface area contributed by atoms with Crippen LogP contribution in [0.25, 0.3) is 12.2 Å². The standard InChI is InChI=1S/C20H22O9/c21-9-16-17(25)18(26)19(27)20(29-16)28-15-7-10(3-4-14(15)24)1-2-11-5-12(22)8-13(23)6-11/h1-8,16-27H,9H2/t16-,17-,18+,19-,20-/m1/s1. The summed E-state index contributed by atoms with van der Waals surface area (Å²) in [6, 6.07) is 8.46. The lowest BCUT2D eigenvalue weighted by molar-refractivity contribution is -0.277. The van der Waals surface area contributed by atoms with Crippen LogP contribution in [0.15, 0.2) is 36.4 Å². The van der Waals surface area contributed by atoms with Crippen LogP contribution in [0.2, 0.25) is 0 Å². The van der Waals surface area contributed by atoms with E-state index in [2.05, 4.69) is 0 Å². The van der Waals surface area contributed by atoms with E-state index in [-0.39, 0.29) is 23.0 Å². The first-order valence-corrected chi connectivity index (χ1v) is 8.80. The highest BCUT2D eigenvalue weighted by molar-refractivity contribution is 5.72. The van der Waals surface area contributed by atoms with E-state index in [1.807, 2.05) is 0 Å². The maximum absolute atomic E-state index is 10.1. The molecule has 1 aliphatic rings. The van der Waals surface area contributed by atoms with E-state index in [9.17, 15) is 35.7 Å². The van der Waals surface area contributed by atoms with Gasteiger partial charge in [-0.2, -0.15) is 0 Å². The molecule has 9 nitrogen and oxygen atoms in total. The van der Waals surface area contributed by atoms with Gasteiger partial charge in [0.1, 0.15) is 35.9 Å². The zero-order valence-electron chi connectivity index (χ0n) is 15.2. The van der Waals surface area contributed by atoms with E-state index < -0.39 is 37.3 Å². The highest BCUT2D eigenvalue weighted by atomic mass is 16.7. The van der Waals surface area contributed by atoms with Crippen molar-refractivity contribution in [2.24, 2.45) is 0 Å². The van der Waals surface area contributed by atoms with E-state index in [1.165, 1.54) is 30.3 Å². The molecule has 3 rings (SSSR count). The number of hydrogen-bond acceptors (Lipinski definition) is 9. The summed E-state index contributed by atoms with van der Waals surface area (Å²) in [5.41, 5.74) is 1.11. The zero-order valence-corrected chi connectivity index (χ0v) is 15.2. The van der Waals surface area contributed by atoms with Crippen molar-refractivity contribution in [3.05, 3.63) is 47.5 Å². The smallest absolute Gasteiger partial charge is 0.229 e. The van der Waals surface area contributed by atoms with Gasteiger partial charge in [-0.3, -0.25) is 0 Å². The maximum Gasteiger partial charge on any atom is 0.229 e. The van der Waals surface area contributed by atoms with Crippen LogP contribution < -0.4 is 4.74 Å². The van der Waals surface area contributed by atoms with Crippen LogP contribution in [0.1, 0.15) is 11.1 Å². The number of phenols is 3. The van der Waals surface area contributed by atoms with E-state index >= 15 is 0 Å². The minimum atomic E-state index is -1.61. The Morgan fingerprint density at radius 1 is 0.828 bits per heavy atom. The summed E-state index contributed by atoms with van der Waals surface area (Å²) < 4.78 is 10.7. The third-order valence-corrected chi connectivity index (χ3v) is 4.47. The first-order chi connectivity index (χ1) is 13.8. The van der Waals surface area contributed by atoms with Gasteiger partial charge in [0.25, 0.3) is 0 Å². The number of aliphatic hydroxyl groups excluding tert-OH is 4. The van der Waals surface area contributed by atoms with Gasteiger partial charge < -0.3 is 45.2 Å². The predicted molar refractivity (Wildman–Crippen MR) is 101 cm³/mol. The molecular formula is C20H22O9. The summed E-state index contributed by atoms with van der Waals surface area (Å²) >= 11 is 0. The molecule has 29 heavy (non-hydrogen) atoms. The Morgan fingerprint density at radius 3 is 2.14 bits per heavy atom. The third-order valence-electron chi connectivity index (χ3n) is 4.47. The molecule has 1 fully saturated rings. The van der Waals surface area contributed by atoms with Crippen molar-refractivity contribution in [1.29, 1.82) is 0 Å². The van der Waals surface area contributed by atoms with Crippen LogP contribution in [0, 0.1) is 0 Å². The Kier molecular flexibility index (Phi) is 6.26. The van der Waals surface area contributed by atoms with Crippen LogP contribution in [0.5, 0.6) is 23.0 Å². The number of hydrogen-bond donors (Lipinski definition) is 7. The number of ether oxygens (including phenoxy) is 2. The molecule has 0 bridgehead atoms. The van der Waals surface area contributed by atoms with Crippen molar-refractivity contribution in [3.63, 3.8) is 0 Å². The zero-order chi connectivity index (χ0) is 21.1. The second-order valence-corrected chi connectivity index (χ2v) is 6.66. The first-order valence-electron chi connectivity index (χ1n) is 8.80. The molecule has 0 unspecified atom stereocenters. The normalized spacial score (nSPS) is 27.2. The number of phenolic OH excluding ortho intramolecular Hbond substituents is 3. The highest BCUT2D eigenvalue weighted by Gasteiger charge is 2.44. The molecule has 2 aromatic carbocycles. The monoisotopic (exact) mass is 406 g/mol. The average Bonchev–Trinajstić information content (AvgIpc) is 2.68. The van der Waals surface area contributed by atoms with Gasteiger partial charge in [-0.1, -0.05) is 18.2 Å². The Bertz CT molecular complexity index is 860. The Morgan fingerprint density at radius 2 is 1.48 bits per heavy atom. The number of aromatic hydroxyl groups is 3. The first kappa shape index (κ1) is 20.9. The minimum Gasteiger partial charge on any atom is -0.508 e. The molecule has 1 aliphatic heterocycles. The summed E-state index contributed by atoms with van der Waals surface area (Å²) in [5.74, 6) is -0.506. The Labute approximate surface area is 165 Å². The Hall–Kier alpha value is -2.82. The molecule has 0 radical (unpaired) electrons. The summed E-state index contributed by atoms with van der Waals surface area (Å²) in [7, 11) is 0. The summed E-state index contributed by atoms with van der Waals surface area (Å²) in [6.07, 6.45) is -4.05. The van der Waals surface area contributed by atoms with Crippen LogP contribution >= 0.6 is 0 Å². The lowest BCUT2D eigenvalue weighted by Gasteiger charge is -2.39. The topological polar surface area (TPSA) is 160 Å². The number of aliphatic hydroxyl groups is 4. The minimum absolute atomic E-state index is 0.0600. The molecule has 0 amide bonds. The van der Waals surface area contributed by atoms with Gasteiger partial charge in [0, 0.05) is 6.07 Å². The second-order valence-electron chi connectivity index (χ2n) is 6.66. The molecule has 0 aliphatic carbocycles. The van der Waals surface area contributed by atoms with Crippen molar-refractivity contribution >= 4 is 12.2 Å². The summed E-state index contributed by atoms with van der Waals surface area (Å²) in [4.78, 5) is 0. The molecule has 0 spiro atoms. The van der Waals surface area contributed by atoms with Gasteiger partial charge in [0.2, 0.25) is 6.29 Å². The van der Waals surface area contributed by atoms with E-state index in [0.29, 0.717) is 11.1 Å². The molecule has 2 aromatic rings. The van der Waals surface area contributed by atoms with Gasteiger partial charge in [-0.05, 0) is 35.4 Å². The summed E-state index contributed by atoms with van der Waals surface area (Å²) in [5, 5.41) is 68.0.